The van der Waals surface area contributed by atoms with E-state index < -0.39 is 11.9 Å². The normalized spacial score (nSPS) is 10.1. The van der Waals surface area contributed by atoms with Crippen LogP contribution in [0.4, 0.5) is 0 Å². The Kier molecular flexibility index (Phi) is 3.91. The second-order valence-electron chi connectivity index (χ2n) is 2.52. The molecule has 1 aromatic carbocycles. The molecule has 7 heteroatoms. The second-order valence-corrected chi connectivity index (χ2v) is 4.96. The first-order valence-electron chi connectivity index (χ1n) is 3.50. The molecule has 0 radical (unpaired) electrons. The fraction of sp³-hybridized carbons (Fsp3) is 0. The van der Waals surface area contributed by atoms with Gasteiger partial charge in [0.25, 0.3) is 0 Å². The average Bonchev–Trinajstić information content (AvgIpc) is 2.12. The second kappa shape index (κ2) is 4.63. The van der Waals surface area contributed by atoms with Gasteiger partial charge in [-0.2, -0.15) is 0 Å². The van der Waals surface area contributed by atoms with Crippen LogP contribution in [-0.4, -0.2) is 22.2 Å². The highest BCUT2D eigenvalue weighted by molar-refractivity contribution is 9.14. The zero-order chi connectivity index (χ0) is 11.7. The van der Waals surface area contributed by atoms with Crippen LogP contribution in [0.5, 0.6) is 0 Å². The fourth-order valence-corrected chi connectivity index (χ4v) is 2.58. The van der Waals surface area contributed by atoms with Crippen LogP contribution in [0.25, 0.3) is 0 Å². The van der Waals surface area contributed by atoms with E-state index in [1.807, 2.05) is 0 Å². The molecule has 0 saturated heterocycles. The Morgan fingerprint density at radius 1 is 1.00 bits per heavy atom. The molecule has 0 bridgehead atoms. The summed E-state index contributed by atoms with van der Waals surface area (Å²) < 4.78 is 1.13. The van der Waals surface area contributed by atoms with E-state index in [9.17, 15) is 9.59 Å². The predicted octanol–water partition coefficient (Wildman–Crippen LogP) is 3.37. The van der Waals surface area contributed by atoms with E-state index in [0.717, 1.165) is 0 Å². The molecular formula is C8H3Br3O4. The molecule has 1 rings (SSSR count). The zero-order valence-electron chi connectivity index (χ0n) is 6.92. The number of carboxylic acid groups (broad SMARTS) is 2. The predicted molar refractivity (Wildman–Crippen MR) is 63.5 cm³/mol. The van der Waals surface area contributed by atoms with Crippen LogP contribution < -0.4 is 0 Å². The van der Waals surface area contributed by atoms with Crippen molar-refractivity contribution in [1.82, 2.24) is 0 Å². The number of benzene rings is 1. The van der Waals surface area contributed by atoms with Crippen LogP contribution in [0.1, 0.15) is 20.7 Å². The Morgan fingerprint density at radius 3 is 1.93 bits per heavy atom. The number of hydrogen-bond donors (Lipinski definition) is 2. The van der Waals surface area contributed by atoms with Gasteiger partial charge in [0.1, 0.15) is 0 Å². The van der Waals surface area contributed by atoms with Crippen molar-refractivity contribution in [2.75, 3.05) is 0 Å². The molecule has 0 heterocycles. The van der Waals surface area contributed by atoms with Gasteiger partial charge in [0.05, 0.1) is 11.1 Å². The standard InChI is InChI=1S/C8H3Br3O4/c9-3-1-2(7(12)13)4(8(14)15)6(11)5(3)10/h1H,(H,12,13)(H,14,15). The van der Waals surface area contributed by atoms with Gasteiger partial charge in [0, 0.05) is 13.4 Å². The summed E-state index contributed by atoms with van der Waals surface area (Å²) in [4.78, 5) is 21.7. The SMILES string of the molecule is O=C(O)c1cc(Br)c(Br)c(Br)c1C(=O)O. The topological polar surface area (TPSA) is 74.6 Å². The molecule has 2 N–H and O–H groups in total. The molecule has 0 aliphatic rings. The molecule has 0 unspecified atom stereocenters. The van der Waals surface area contributed by atoms with Gasteiger partial charge in [-0.15, -0.1) is 0 Å². The summed E-state index contributed by atoms with van der Waals surface area (Å²) in [6, 6.07) is 1.24. The lowest BCUT2D eigenvalue weighted by atomic mass is 10.1. The monoisotopic (exact) mass is 400 g/mol. The average molecular weight is 403 g/mol. The van der Waals surface area contributed by atoms with E-state index in [0.29, 0.717) is 8.95 Å². The highest BCUT2D eigenvalue weighted by atomic mass is 79.9. The summed E-state index contributed by atoms with van der Waals surface area (Å²) in [5, 5.41) is 17.7. The smallest absolute Gasteiger partial charge is 0.337 e. The van der Waals surface area contributed by atoms with Crippen LogP contribution in [0.2, 0.25) is 0 Å². The summed E-state index contributed by atoms with van der Waals surface area (Å²) >= 11 is 9.28. The van der Waals surface area contributed by atoms with Crippen LogP contribution in [0.3, 0.4) is 0 Å². The first-order chi connectivity index (χ1) is 6.86. The van der Waals surface area contributed by atoms with E-state index in [1.54, 1.807) is 0 Å². The summed E-state index contributed by atoms with van der Waals surface area (Å²) in [5.41, 5.74) is -0.554. The molecule has 1 aromatic rings. The summed E-state index contributed by atoms with van der Waals surface area (Å²) in [6.07, 6.45) is 0. The highest BCUT2D eigenvalue weighted by Gasteiger charge is 2.22. The Hall–Kier alpha value is -0.400. The van der Waals surface area contributed by atoms with Crippen molar-refractivity contribution in [1.29, 1.82) is 0 Å². The maximum atomic E-state index is 10.9. The third-order valence-electron chi connectivity index (χ3n) is 1.61. The Morgan fingerprint density at radius 2 is 1.53 bits per heavy atom. The lowest BCUT2D eigenvalue weighted by molar-refractivity contribution is 0.0650. The van der Waals surface area contributed by atoms with E-state index in [1.165, 1.54) is 6.07 Å². The van der Waals surface area contributed by atoms with Crippen molar-refractivity contribution in [3.8, 4) is 0 Å². The highest BCUT2D eigenvalue weighted by Crippen LogP contribution is 2.36. The number of carboxylic acids is 2. The Balaban J connectivity index is 3.65. The van der Waals surface area contributed by atoms with E-state index in [2.05, 4.69) is 47.8 Å². The molecule has 0 amide bonds. The molecule has 4 nitrogen and oxygen atoms in total. The largest absolute Gasteiger partial charge is 0.478 e. The number of halogens is 3. The number of rotatable bonds is 2. The maximum absolute atomic E-state index is 10.9. The summed E-state index contributed by atoms with van der Waals surface area (Å²) in [7, 11) is 0. The number of aromatic carboxylic acids is 2. The van der Waals surface area contributed by atoms with Crippen LogP contribution in [-0.2, 0) is 0 Å². The van der Waals surface area contributed by atoms with Gasteiger partial charge in [-0.25, -0.2) is 9.59 Å². The minimum Gasteiger partial charge on any atom is -0.478 e. The molecular weight excluding hydrogens is 400 g/mol. The molecule has 0 spiro atoms. The zero-order valence-corrected chi connectivity index (χ0v) is 11.7. The number of carbonyl (C=O) groups is 2. The van der Waals surface area contributed by atoms with Crippen molar-refractivity contribution < 1.29 is 19.8 Å². The quantitative estimate of drug-likeness (QED) is 0.744. The third-order valence-corrected chi connectivity index (χ3v) is 4.91. The molecule has 0 aromatic heterocycles. The van der Waals surface area contributed by atoms with Gasteiger partial charge in [0.15, 0.2) is 0 Å². The molecule has 80 valence electrons. The van der Waals surface area contributed by atoms with Crippen molar-refractivity contribution in [2.24, 2.45) is 0 Å². The maximum Gasteiger partial charge on any atom is 0.337 e. The van der Waals surface area contributed by atoms with Crippen LogP contribution >= 0.6 is 47.8 Å². The minimum absolute atomic E-state index is 0.196. The molecule has 0 atom stereocenters. The van der Waals surface area contributed by atoms with E-state index >= 15 is 0 Å². The van der Waals surface area contributed by atoms with Crippen molar-refractivity contribution in [3.63, 3.8) is 0 Å². The molecule has 0 aliphatic heterocycles. The van der Waals surface area contributed by atoms with Gasteiger partial charge in [-0.05, 0) is 53.9 Å². The summed E-state index contributed by atoms with van der Waals surface area (Å²) in [6.45, 7) is 0. The van der Waals surface area contributed by atoms with Gasteiger partial charge in [-0.3, -0.25) is 0 Å². The lowest BCUT2D eigenvalue weighted by Gasteiger charge is -2.07. The molecule has 15 heavy (non-hydrogen) atoms. The van der Waals surface area contributed by atoms with Gasteiger partial charge in [0.2, 0.25) is 0 Å². The first kappa shape index (κ1) is 12.7. The molecule has 0 saturated carbocycles. The van der Waals surface area contributed by atoms with E-state index in [-0.39, 0.29) is 15.6 Å². The number of hydrogen-bond acceptors (Lipinski definition) is 2. The minimum atomic E-state index is -1.30. The van der Waals surface area contributed by atoms with Crippen LogP contribution in [0, 0.1) is 0 Å². The Bertz CT molecular complexity index is 456. The molecule has 0 aliphatic carbocycles. The molecule has 0 fully saturated rings. The first-order valence-corrected chi connectivity index (χ1v) is 5.88. The van der Waals surface area contributed by atoms with Gasteiger partial charge >= 0.3 is 11.9 Å². The van der Waals surface area contributed by atoms with Crippen molar-refractivity contribution >= 4 is 59.7 Å². The van der Waals surface area contributed by atoms with Gasteiger partial charge < -0.3 is 10.2 Å². The third kappa shape index (κ3) is 2.40. The summed E-state index contributed by atoms with van der Waals surface area (Å²) in [5.74, 6) is -2.59. The van der Waals surface area contributed by atoms with Crippen molar-refractivity contribution in [2.45, 2.75) is 0 Å². The van der Waals surface area contributed by atoms with Crippen LogP contribution in [0.15, 0.2) is 19.5 Å². The van der Waals surface area contributed by atoms with Gasteiger partial charge in [-0.1, -0.05) is 0 Å². The van der Waals surface area contributed by atoms with E-state index in [4.69, 9.17) is 10.2 Å². The van der Waals surface area contributed by atoms with Crippen molar-refractivity contribution in [3.05, 3.63) is 30.6 Å². The fourth-order valence-electron chi connectivity index (χ4n) is 0.973. The lowest BCUT2D eigenvalue weighted by Crippen LogP contribution is -2.09. The Labute approximate surface area is 110 Å².